The Hall–Kier alpha value is -2.42. The molecule has 0 aliphatic heterocycles. The molecule has 1 aromatic carbocycles. The van der Waals surface area contributed by atoms with Crippen molar-refractivity contribution in [2.45, 2.75) is 12.3 Å². The fourth-order valence-corrected chi connectivity index (χ4v) is 4.48. The summed E-state index contributed by atoms with van der Waals surface area (Å²) in [5, 5.41) is 6.56. The summed E-state index contributed by atoms with van der Waals surface area (Å²) in [5.41, 5.74) is 2.97. The first-order valence-electron chi connectivity index (χ1n) is 7.51. The van der Waals surface area contributed by atoms with Gasteiger partial charge in [-0.15, -0.1) is 11.3 Å². The van der Waals surface area contributed by atoms with E-state index >= 15 is 0 Å². The van der Waals surface area contributed by atoms with Crippen LogP contribution in [0.4, 0.5) is 0 Å². The molecule has 3 aromatic heterocycles. The zero-order chi connectivity index (χ0) is 17.3. The second-order valence-electron chi connectivity index (χ2n) is 5.52. The van der Waals surface area contributed by atoms with E-state index in [-0.39, 0.29) is 12.3 Å². The van der Waals surface area contributed by atoms with Gasteiger partial charge in [0.1, 0.15) is 11.4 Å². The van der Waals surface area contributed by atoms with Gasteiger partial charge >= 0.3 is 0 Å². The molecule has 0 aliphatic carbocycles. The first-order chi connectivity index (χ1) is 12.1. The quantitative estimate of drug-likeness (QED) is 0.555. The van der Waals surface area contributed by atoms with Crippen LogP contribution in [-0.2, 0) is 22.3 Å². The van der Waals surface area contributed by atoms with E-state index in [4.69, 9.17) is 8.94 Å². The van der Waals surface area contributed by atoms with Crippen molar-refractivity contribution in [2.24, 2.45) is 0 Å². The van der Waals surface area contributed by atoms with Crippen molar-refractivity contribution in [3.8, 4) is 11.1 Å². The normalized spacial score (nSPS) is 12.0. The molecule has 1 N–H and O–H groups in total. The van der Waals surface area contributed by atoms with E-state index < -0.39 is 10.0 Å². The van der Waals surface area contributed by atoms with Crippen molar-refractivity contribution >= 4 is 32.3 Å². The molecule has 128 valence electrons. The number of furan rings is 1. The average molecular weight is 374 g/mol. The van der Waals surface area contributed by atoms with Crippen LogP contribution in [-0.4, -0.2) is 13.6 Å². The molecule has 0 spiro atoms. The average Bonchev–Trinajstić information content (AvgIpc) is 3.34. The standard InChI is InChI=1S/C17H14N2O4S2/c20-25(21,11-16-15-3-1-2-4-17(15)23-19-16)18-8-14-7-13(10-24-14)12-5-6-22-9-12/h1-7,9-10,18H,8,11H2. The number of aromatic nitrogens is 1. The third-order valence-corrected chi connectivity index (χ3v) is 5.93. The predicted molar refractivity (Wildman–Crippen MR) is 95.5 cm³/mol. The van der Waals surface area contributed by atoms with Gasteiger partial charge in [-0.2, -0.15) is 0 Å². The fraction of sp³-hybridized carbons (Fsp3) is 0.118. The van der Waals surface area contributed by atoms with E-state index in [0.29, 0.717) is 16.7 Å². The summed E-state index contributed by atoms with van der Waals surface area (Å²) in [6.45, 7) is 0.237. The molecule has 4 aromatic rings. The molecule has 4 rings (SSSR count). The lowest BCUT2D eigenvalue weighted by Crippen LogP contribution is -2.24. The van der Waals surface area contributed by atoms with Crippen LogP contribution >= 0.6 is 11.3 Å². The number of para-hydroxylation sites is 1. The highest BCUT2D eigenvalue weighted by Gasteiger charge is 2.17. The molecule has 0 atom stereocenters. The topological polar surface area (TPSA) is 85.3 Å². The number of hydrogen-bond acceptors (Lipinski definition) is 6. The summed E-state index contributed by atoms with van der Waals surface area (Å²) >= 11 is 1.50. The Morgan fingerprint density at radius 1 is 1.16 bits per heavy atom. The number of rotatable bonds is 6. The lowest BCUT2D eigenvalue weighted by molar-refractivity contribution is 0.448. The fourth-order valence-electron chi connectivity index (χ4n) is 2.51. The van der Waals surface area contributed by atoms with E-state index in [1.807, 2.05) is 29.6 Å². The number of fused-ring (bicyclic) bond motifs is 1. The Bertz CT molecular complexity index is 1090. The van der Waals surface area contributed by atoms with Gasteiger partial charge in [0.2, 0.25) is 10.0 Å². The lowest BCUT2D eigenvalue weighted by atomic mass is 10.2. The summed E-state index contributed by atoms with van der Waals surface area (Å²) in [7, 11) is -3.52. The van der Waals surface area contributed by atoms with E-state index in [2.05, 4.69) is 9.88 Å². The highest BCUT2D eigenvalue weighted by Crippen LogP contribution is 2.26. The Morgan fingerprint density at radius 3 is 2.88 bits per heavy atom. The first kappa shape index (κ1) is 16.1. The van der Waals surface area contributed by atoms with Gasteiger partial charge in [-0.25, -0.2) is 13.1 Å². The largest absolute Gasteiger partial charge is 0.472 e. The highest BCUT2D eigenvalue weighted by atomic mass is 32.2. The van der Waals surface area contributed by atoms with Crippen LogP contribution in [0.25, 0.3) is 22.1 Å². The van der Waals surface area contributed by atoms with Gasteiger partial charge in [-0.3, -0.25) is 0 Å². The molecule has 0 saturated heterocycles. The molecular weight excluding hydrogens is 360 g/mol. The van der Waals surface area contributed by atoms with Gasteiger partial charge in [0, 0.05) is 22.4 Å². The SMILES string of the molecule is O=S(=O)(Cc1noc2ccccc12)NCc1cc(-c2ccoc2)cs1. The molecule has 8 heteroatoms. The van der Waals surface area contributed by atoms with Gasteiger partial charge in [0.25, 0.3) is 0 Å². The van der Waals surface area contributed by atoms with Crippen molar-refractivity contribution in [3.63, 3.8) is 0 Å². The number of sulfonamides is 1. The maximum Gasteiger partial charge on any atom is 0.217 e. The zero-order valence-corrected chi connectivity index (χ0v) is 14.6. The van der Waals surface area contributed by atoms with E-state index in [0.717, 1.165) is 16.0 Å². The molecule has 0 saturated carbocycles. The van der Waals surface area contributed by atoms with Gasteiger partial charge in [0.05, 0.1) is 12.5 Å². The third-order valence-electron chi connectivity index (χ3n) is 3.75. The Kier molecular flexibility index (Phi) is 4.16. The Balaban J connectivity index is 1.45. The minimum atomic E-state index is -3.52. The number of benzene rings is 1. The molecule has 0 amide bonds. The predicted octanol–water partition coefficient (Wildman–Crippen LogP) is 3.77. The van der Waals surface area contributed by atoms with Crippen LogP contribution in [0.1, 0.15) is 10.6 Å². The Morgan fingerprint density at radius 2 is 2.04 bits per heavy atom. The molecule has 0 bridgehead atoms. The first-order valence-corrected chi connectivity index (χ1v) is 10.0. The van der Waals surface area contributed by atoms with Crippen LogP contribution in [0.15, 0.2) is 63.2 Å². The summed E-state index contributed by atoms with van der Waals surface area (Å²) in [6.07, 6.45) is 3.27. The molecule has 0 radical (unpaired) electrons. The molecule has 25 heavy (non-hydrogen) atoms. The van der Waals surface area contributed by atoms with Gasteiger partial charge in [-0.1, -0.05) is 17.3 Å². The number of nitrogens with one attached hydrogen (secondary N) is 1. The maximum absolute atomic E-state index is 12.3. The molecule has 0 unspecified atom stereocenters. The number of hydrogen-bond donors (Lipinski definition) is 1. The van der Waals surface area contributed by atoms with Crippen molar-refractivity contribution in [3.05, 3.63) is 64.9 Å². The second-order valence-corrected chi connectivity index (χ2v) is 8.32. The summed E-state index contributed by atoms with van der Waals surface area (Å²) in [5.74, 6) is -0.218. The third kappa shape index (κ3) is 3.51. The second kappa shape index (κ2) is 6.47. The summed E-state index contributed by atoms with van der Waals surface area (Å²) in [6, 6.07) is 11.0. The van der Waals surface area contributed by atoms with Crippen LogP contribution < -0.4 is 4.72 Å². The van der Waals surface area contributed by atoms with Crippen LogP contribution in [0, 0.1) is 0 Å². The van der Waals surface area contributed by atoms with E-state index in [1.54, 1.807) is 24.7 Å². The van der Waals surface area contributed by atoms with Gasteiger partial charge in [0.15, 0.2) is 5.58 Å². The molecular formula is C17H14N2O4S2. The number of thiophene rings is 1. The lowest BCUT2D eigenvalue weighted by Gasteiger charge is -2.03. The van der Waals surface area contributed by atoms with Crippen molar-refractivity contribution in [1.82, 2.24) is 9.88 Å². The van der Waals surface area contributed by atoms with Crippen LogP contribution in [0.5, 0.6) is 0 Å². The monoisotopic (exact) mass is 374 g/mol. The van der Waals surface area contributed by atoms with E-state index in [9.17, 15) is 8.42 Å². The minimum Gasteiger partial charge on any atom is -0.472 e. The van der Waals surface area contributed by atoms with E-state index in [1.165, 1.54) is 11.3 Å². The van der Waals surface area contributed by atoms with Gasteiger partial charge in [-0.05, 0) is 35.2 Å². The molecule has 0 aliphatic rings. The van der Waals surface area contributed by atoms with Crippen LogP contribution in [0.2, 0.25) is 0 Å². The Labute approximate surface area is 148 Å². The van der Waals surface area contributed by atoms with Crippen molar-refractivity contribution < 1.29 is 17.4 Å². The maximum atomic E-state index is 12.3. The summed E-state index contributed by atoms with van der Waals surface area (Å²) in [4.78, 5) is 0.921. The molecule has 6 nitrogen and oxygen atoms in total. The van der Waals surface area contributed by atoms with Crippen molar-refractivity contribution in [1.29, 1.82) is 0 Å². The molecule has 3 heterocycles. The molecule has 0 fully saturated rings. The highest BCUT2D eigenvalue weighted by molar-refractivity contribution is 7.88. The smallest absolute Gasteiger partial charge is 0.217 e. The van der Waals surface area contributed by atoms with Gasteiger partial charge < -0.3 is 8.94 Å². The zero-order valence-electron chi connectivity index (χ0n) is 13.0. The minimum absolute atomic E-state index is 0.218. The number of nitrogens with zero attached hydrogens (tertiary/aromatic N) is 1. The van der Waals surface area contributed by atoms with Crippen molar-refractivity contribution in [2.75, 3.05) is 0 Å². The van der Waals surface area contributed by atoms with Crippen LogP contribution in [0.3, 0.4) is 0 Å². The summed E-state index contributed by atoms with van der Waals surface area (Å²) < 4.78 is 37.5.